The van der Waals surface area contributed by atoms with E-state index in [1.54, 1.807) is 0 Å². The predicted octanol–water partition coefficient (Wildman–Crippen LogP) is 10.0. The van der Waals surface area contributed by atoms with E-state index in [2.05, 4.69) is 127 Å². The summed E-state index contributed by atoms with van der Waals surface area (Å²) in [4.78, 5) is 0. The molecule has 0 nitrogen and oxygen atoms in total. The van der Waals surface area contributed by atoms with Gasteiger partial charge in [0.2, 0.25) is 0 Å². The van der Waals surface area contributed by atoms with E-state index in [0.717, 1.165) is 12.0 Å². The zero-order chi connectivity index (χ0) is 24.7. The predicted molar refractivity (Wildman–Crippen MR) is 155 cm³/mol. The number of benzene rings is 3. The van der Waals surface area contributed by atoms with E-state index in [1.165, 1.54) is 55.3 Å². The molecule has 0 aliphatic heterocycles. The third-order valence-electron chi connectivity index (χ3n) is 6.31. The average molecular weight is 445 g/mol. The van der Waals surface area contributed by atoms with Gasteiger partial charge in [-0.05, 0) is 89.4 Å². The van der Waals surface area contributed by atoms with Gasteiger partial charge in [-0.2, -0.15) is 0 Å². The molecule has 0 heterocycles. The van der Waals surface area contributed by atoms with Gasteiger partial charge in [0.15, 0.2) is 0 Å². The topological polar surface area (TPSA) is 0 Å². The Morgan fingerprint density at radius 2 is 1.68 bits per heavy atom. The molecule has 172 valence electrons. The molecule has 0 saturated heterocycles. The van der Waals surface area contributed by atoms with Crippen LogP contribution in [-0.4, -0.2) is 0 Å². The van der Waals surface area contributed by atoms with Crippen molar-refractivity contribution in [2.75, 3.05) is 0 Å². The SMILES string of the molecule is C=CC=C(C=C(C)c1cccc(C)c1)C(=CC)c1c(C=CC)c(CC)c2ccccc2c1C=C. The highest BCUT2D eigenvalue weighted by atomic mass is 14.2. The third kappa shape index (κ3) is 4.97. The molecule has 3 aromatic rings. The van der Waals surface area contributed by atoms with Crippen molar-refractivity contribution in [3.05, 3.63) is 131 Å². The molecule has 0 heteroatoms. The molecular weight excluding hydrogens is 408 g/mol. The molecule has 0 atom stereocenters. The van der Waals surface area contributed by atoms with E-state index in [-0.39, 0.29) is 0 Å². The number of hydrogen-bond donors (Lipinski definition) is 0. The van der Waals surface area contributed by atoms with Crippen molar-refractivity contribution in [2.24, 2.45) is 0 Å². The summed E-state index contributed by atoms with van der Waals surface area (Å²) in [5.41, 5.74) is 11.1. The van der Waals surface area contributed by atoms with Gasteiger partial charge in [0.25, 0.3) is 0 Å². The van der Waals surface area contributed by atoms with Crippen LogP contribution in [0, 0.1) is 6.92 Å². The standard InChI is InChI=1S/C34H36/c1-8-16-27(23-25(7)26-19-15-18-24(6)22-26)28(10-3)34-30(12-5)32-21-14-13-20-31(32)29(11-4)33(34)17-9-2/h8-10,12-23H,1,5,11H2,2-4,6-7H3. The van der Waals surface area contributed by atoms with E-state index < -0.39 is 0 Å². The normalized spacial score (nSPS) is 13.0. The van der Waals surface area contributed by atoms with Crippen LogP contribution in [-0.2, 0) is 6.42 Å². The van der Waals surface area contributed by atoms with Crippen LogP contribution in [0.1, 0.15) is 61.1 Å². The lowest BCUT2D eigenvalue weighted by atomic mass is 9.81. The molecular formula is C34H36. The maximum atomic E-state index is 4.23. The van der Waals surface area contributed by atoms with Gasteiger partial charge in [-0.3, -0.25) is 0 Å². The minimum absolute atomic E-state index is 0.959. The van der Waals surface area contributed by atoms with Gasteiger partial charge in [-0.25, -0.2) is 0 Å². The van der Waals surface area contributed by atoms with Crippen LogP contribution in [0.2, 0.25) is 0 Å². The molecule has 34 heavy (non-hydrogen) atoms. The van der Waals surface area contributed by atoms with Gasteiger partial charge in [0.05, 0.1) is 0 Å². The molecule has 0 radical (unpaired) electrons. The lowest BCUT2D eigenvalue weighted by Gasteiger charge is -2.22. The summed E-state index contributed by atoms with van der Waals surface area (Å²) in [5.74, 6) is 0. The highest BCUT2D eigenvalue weighted by Crippen LogP contribution is 2.40. The highest BCUT2D eigenvalue weighted by Gasteiger charge is 2.19. The summed E-state index contributed by atoms with van der Waals surface area (Å²) in [6, 6.07) is 17.3. The lowest BCUT2D eigenvalue weighted by Crippen LogP contribution is -2.02. The number of fused-ring (bicyclic) bond motifs is 1. The second-order valence-electron chi connectivity index (χ2n) is 8.54. The molecule has 0 amide bonds. The van der Waals surface area contributed by atoms with Crippen molar-refractivity contribution in [1.82, 2.24) is 0 Å². The average Bonchev–Trinajstić information content (AvgIpc) is 2.84. The Morgan fingerprint density at radius 3 is 2.26 bits per heavy atom. The third-order valence-corrected chi connectivity index (χ3v) is 6.31. The molecule has 3 rings (SSSR count). The van der Waals surface area contributed by atoms with Gasteiger partial charge >= 0.3 is 0 Å². The summed E-state index contributed by atoms with van der Waals surface area (Å²) in [7, 11) is 0. The summed E-state index contributed by atoms with van der Waals surface area (Å²) in [6.45, 7) is 19.0. The van der Waals surface area contributed by atoms with Crippen molar-refractivity contribution in [1.29, 1.82) is 0 Å². The summed E-state index contributed by atoms with van der Waals surface area (Å²) in [5, 5.41) is 2.54. The van der Waals surface area contributed by atoms with E-state index in [9.17, 15) is 0 Å². The van der Waals surface area contributed by atoms with Gasteiger partial charge in [-0.1, -0.05) is 117 Å². The highest BCUT2D eigenvalue weighted by molar-refractivity contribution is 6.04. The van der Waals surface area contributed by atoms with Crippen molar-refractivity contribution < 1.29 is 0 Å². The minimum atomic E-state index is 0.959. The molecule has 0 aliphatic rings. The summed E-state index contributed by atoms with van der Waals surface area (Å²) < 4.78 is 0. The van der Waals surface area contributed by atoms with E-state index in [1.807, 2.05) is 12.2 Å². The zero-order valence-electron chi connectivity index (χ0n) is 21.3. The van der Waals surface area contributed by atoms with Crippen molar-refractivity contribution in [3.8, 4) is 0 Å². The Labute approximate surface area is 206 Å². The Hall–Kier alpha value is -3.64. The fourth-order valence-corrected chi connectivity index (χ4v) is 4.80. The number of allylic oxidation sites excluding steroid dienone is 8. The molecule has 0 unspecified atom stereocenters. The molecule has 0 aliphatic carbocycles. The fraction of sp³-hybridized carbons (Fsp3) is 0.176. The first-order chi connectivity index (χ1) is 16.5. The van der Waals surface area contributed by atoms with Crippen LogP contribution >= 0.6 is 0 Å². The number of hydrogen-bond acceptors (Lipinski definition) is 0. The van der Waals surface area contributed by atoms with Gasteiger partial charge < -0.3 is 0 Å². The van der Waals surface area contributed by atoms with Crippen LogP contribution in [0.4, 0.5) is 0 Å². The summed E-state index contributed by atoms with van der Waals surface area (Å²) >= 11 is 0. The first-order valence-electron chi connectivity index (χ1n) is 12.1. The monoisotopic (exact) mass is 444 g/mol. The van der Waals surface area contributed by atoms with Gasteiger partial charge in [-0.15, -0.1) is 0 Å². The van der Waals surface area contributed by atoms with E-state index >= 15 is 0 Å². The van der Waals surface area contributed by atoms with Crippen LogP contribution in [0.3, 0.4) is 0 Å². The van der Waals surface area contributed by atoms with E-state index in [0.29, 0.717) is 0 Å². The van der Waals surface area contributed by atoms with Crippen molar-refractivity contribution in [2.45, 2.75) is 41.0 Å². The second-order valence-corrected chi connectivity index (χ2v) is 8.54. The summed E-state index contributed by atoms with van der Waals surface area (Å²) in [6.07, 6.45) is 15.8. The maximum Gasteiger partial charge on any atom is -0.00273 e. The Kier molecular flexibility index (Phi) is 8.44. The number of rotatable bonds is 8. The smallest absolute Gasteiger partial charge is 0.00273 e. The number of aryl methyl sites for hydroxylation is 2. The molecule has 0 aromatic heterocycles. The quantitative estimate of drug-likeness (QED) is 0.303. The van der Waals surface area contributed by atoms with Crippen LogP contribution in [0.15, 0.2) is 97.6 Å². The van der Waals surface area contributed by atoms with Gasteiger partial charge in [0.1, 0.15) is 0 Å². The Bertz CT molecular complexity index is 1340. The first kappa shape index (κ1) is 25.0. The maximum absolute atomic E-state index is 4.23. The Balaban J connectivity index is 2.37. The second kappa shape index (κ2) is 11.5. The van der Waals surface area contributed by atoms with Crippen LogP contribution in [0.5, 0.6) is 0 Å². The zero-order valence-corrected chi connectivity index (χ0v) is 21.3. The molecule has 0 saturated carbocycles. The lowest BCUT2D eigenvalue weighted by molar-refractivity contribution is 1.15. The first-order valence-corrected chi connectivity index (χ1v) is 12.1. The largest absolute Gasteiger partial charge is 0.0990 e. The van der Waals surface area contributed by atoms with E-state index in [4.69, 9.17) is 0 Å². The minimum Gasteiger partial charge on any atom is -0.0990 e. The van der Waals surface area contributed by atoms with Crippen molar-refractivity contribution in [3.63, 3.8) is 0 Å². The van der Waals surface area contributed by atoms with Crippen LogP contribution in [0.25, 0.3) is 34.1 Å². The fourth-order valence-electron chi connectivity index (χ4n) is 4.80. The van der Waals surface area contributed by atoms with Crippen LogP contribution < -0.4 is 0 Å². The molecule has 0 fully saturated rings. The molecule has 3 aromatic carbocycles. The molecule has 0 bridgehead atoms. The van der Waals surface area contributed by atoms with Gasteiger partial charge in [0, 0.05) is 0 Å². The molecule has 0 N–H and O–H groups in total. The Morgan fingerprint density at radius 1 is 0.941 bits per heavy atom. The molecule has 0 spiro atoms. The van der Waals surface area contributed by atoms with Crippen molar-refractivity contribution >= 4 is 34.1 Å².